The molecular formula is C21H32N4O3. The first kappa shape index (κ1) is 20.7. The van der Waals surface area contributed by atoms with Crippen LogP contribution in [0.1, 0.15) is 43.0 Å². The summed E-state index contributed by atoms with van der Waals surface area (Å²) in [6.45, 7) is 6.55. The van der Waals surface area contributed by atoms with Crippen LogP contribution in [0.3, 0.4) is 0 Å². The van der Waals surface area contributed by atoms with Gasteiger partial charge in [-0.05, 0) is 51.3 Å². The van der Waals surface area contributed by atoms with Crippen LogP contribution >= 0.6 is 0 Å². The van der Waals surface area contributed by atoms with E-state index in [-0.39, 0.29) is 17.6 Å². The van der Waals surface area contributed by atoms with Gasteiger partial charge in [0.25, 0.3) is 0 Å². The highest BCUT2D eigenvalue weighted by atomic mass is 16.5. The first-order chi connectivity index (χ1) is 13.6. The van der Waals surface area contributed by atoms with Crippen molar-refractivity contribution in [2.45, 2.75) is 38.6 Å². The Morgan fingerprint density at radius 1 is 1.21 bits per heavy atom. The van der Waals surface area contributed by atoms with Gasteiger partial charge < -0.3 is 15.0 Å². The fraction of sp³-hybridized carbons (Fsp3) is 0.667. The van der Waals surface area contributed by atoms with Crippen molar-refractivity contribution in [1.82, 2.24) is 15.2 Å². The minimum absolute atomic E-state index is 0.0451. The lowest BCUT2D eigenvalue weighted by Gasteiger charge is -2.42. The summed E-state index contributed by atoms with van der Waals surface area (Å²) in [7, 11) is 1.65. The number of ketones is 1. The zero-order valence-corrected chi connectivity index (χ0v) is 17.0. The zero-order valence-electron chi connectivity index (χ0n) is 17.0. The van der Waals surface area contributed by atoms with Crippen molar-refractivity contribution < 1.29 is 14.3 Å². The first-order valence-corrected chi connectivity index (χ1v) is 10.3. The molecule has 0 aromatic carbocycles. The zero-order chi connectivity index (χ0) is 19.9. The number of methoxy groups -OCH3 is 1. The number of hydrogen-bond acceptors (Lipinski definition) is 6. The van der Waals surface area contributed by atoms with E-state index in [0.717, 1.165) is 57.7 Å². The van der Waals surface area contributed by atoms with E-state index in [9.17, 15) is 9.59 Å². The molecular weight excluding hydrogens is 356 g/mol. The molecule has 1 N–H and O–H groups in total. The Balaban J connectivity index is 1.48. The van der Waals surface area contributed by atoms with Crippen LogP contribution in [0.4, 0.5) is 5.82 Å². The molecule has 1 aromatic rings. The van der Waals surface area contributed by atoms with Crippen LogP contribution in [0.5, 0.6) is 0 Å². The van der Waals surface area contributed by atoms with E-state index in [0.29, 0.717) is 24.8 Å². The molecule has 7 heteroatoms. The van der Waals surface area contributed by atoms with Gasteiger partial charge in [0.1, 0.15) is 5.82 Å². The SMILES string of the molecule is COCCNC(=O)C1CCCN(C2CCN(c3ccc(C(C)=O)cn3)CC2)C1. The van der Waals surface area contributed by atoms with Crippen molar-refractivity contribution in [2.24, 2.45) is 5.92 Å². The number of pyridine rings is 1. The summed E-state index contributed by atoms with van der Waals surface area (Å²) in [6.07, 6.45) is 5.88. The summed E-state index contributed by atoms with van der Waals surface area (Å²) in [5, 5.41) is 2.99. The Morgan fingerprint density at radius 3 is 2.64 bits per heavy atom. The minimum Gasteiger partial charge on any atom is -0.383 e. The quantitative estimate of drug-likeness (QED) is 0.566. The molecule has 28 heavy (non-hydrogen) atoms. The average Bonchev–Trinajstić information content (AvgIpc) is 2.74. The van der Waals surface area contributed by atoms with Crippen molar-refractivity contribution in [1.29, 1.82) is 0 Å². The number of carbonyl (C=O) groups excluding carboxylic acids is 2. The highest BCUT2D eigenvalue weighted by Gasteiger charge is 2.31. The summed E-state index contributed by atoms with van der Waals surface area (Å²) < 4.78 is 5.01. The van der Waals surface area contributed by atoms with Gasteiger partial charge in [-0.2, -0.15) is 0 Å². The maximum atomic E-state index is 12.4. The van der Waals surface area contributed by atoms with Crippen molar-refractivity contribution >= 4 is 17.5 Å². The van der Waals surface area contributed by atoms with Crippen molar-refractivity contribution in [3.05, 3.63) is 23.9 Å². The van der Waals surface area contributed by atoms with Gasteiger partial charge in [0.2, 0.25) is 5.91 Å². The molecule has 0 spiro atoms. The van der Waals surface area contributed by atoms with E-state index in [4.69, 9.17) is 4.74 Å². The molecule has 1 unspecified atom stereocenters. The second-order valence-corrected chi connectivity index (χ2v) is 7.80. The predicted octanol–water partition coefficient (Wildman–Crippen LogP) is 1.73. The van der Waals surface area contributed by atoms with Gasteiger partial charge in [0.15, 0.2) is 5.78 Å². The van der Waals surface area contributed by atoms with Crippen molar-refractivity contribution in [2.75, 3.05) is 51.3 Å². The number of rotatable bonds is 7. The number of hydrogen-bond donors (Lipinski definition) is 1. The normalized spacial score (nSPS) is 21.5. The number of ether oxygens (including phenoxy) is 1. The molecule has 0 radical (unpaired) electrons. The number of aromatic nitrogens is 1. The van der Waals surface area contributed by atoms with Gasteiger partial charge in [-0.25, -0.2) is 4.98 Å². The Hall–Kier alpha value is -1.99. The van der Waals surface area contributed by atoms with E-state index in [1.165, 1.54) is 0 Å². The van der Waals surface area contributed by atoms with Crippen LogP contribution in [0.15, 0.2) is 18.3 Å². The van der Waals surface area contributed by atoms with Crippen LogP contribution in [-0.4, -0.2) is 74.1 Å². The predicted molar refractivity (Wildman–Crippen MR) is 109 cm³/mol. The van der Waals surface area contributed by atoms with Gasteiger partial charge in [0, 0.05) is 51.1 Å². The lowest BCUT2D eigenvalue weighted by molar-refractivity contribution is -0.127. The molecule has 2 saturated heterocycles. The third kappa shape index (κ3) is 5.29. The van der Waals surface area contributed by atoms with Crippen molar-refractivity contribution in [3.63, 3.8) is 0 Å². The summed E-state index contributed by atoms with van der Waals surface area (Å²) in [5.41, 5.74) is 0.654. The Kier molecular flexibility index (Phi) is 7.39. The monoisotopic (exact) mass is 388 g/mol. The third-order valence-electron chi connectivity index (χ3n) is 5.89. The Morgan fingerprint density at radius 2 is 2.00 bits per heavy atom. The lowest BCUT2D eigenvalue weighted by Crippen LogP contribution is -2.51. The summed E-state index contributed by atoms with van der Waals surface area (Å²) in [4.78, 5) is 33.0. The second-order valence-electron chi connectivity index (χ2n) is 7.80. The minimum atomic E-state index is 0.0451. The topological polar surface area (TPSA) is 74.8 Å². The van der Waals surface area contributed by atoms with Crippen LogP contribution < -0.4 is 10.2 Å². The van der Waals surface area contributed by atoms with Crippen molar-refractivity contribution in [3.8, 4) is 0 Å². The number of anilines is 1. The molecule has 3 rings (SSSR count). The maximum absolute atomic E-state index is 12.4. The van der Waals surface area contributed by atoms with Gasteiger partial charge in [-0.3, -0.25) is 14.5 Å². The molecule has 1 atom stereocenters. The number of piperidine rings is 2. The van der Waals surface area contributed by atoms with Crippen LogP contribution in [-0.2, 0) is 9.53 Å². The molecule has 7 nitrogen and oxygen atoms in total. The standard InChI is InChI=1S/C21H32N4O3/c1-16(26)17-5-6-20(23-14-17)24-11-7-19(8-12-24)25-10-3-4-18(15-25)21(27)22-9-13-28-2/h5-6,14,18-19H,3-4,7-13,15H2,1-2H3,(H,22,27). The number of likely N-dealkylation sites (tertiary alicyclic amines) is 1. The molecule has 154 valence electrons. The maximum Gasteiger partial charge on any atom is 0.224 e. The number of nitrogens with zero attached hydrogens (tertiary/aromatic N) is 3. The number of carbonyl (C=O) groups is 2. The van der Waals surface area contributed by atoms with Crippen LogP contribution in [0.25, 0.3) is 0 Å². The number of Topliss-reactive ketones (excluding diaryl/α,β-unsaturated/α-hetero) is 1. The molecule has 2 fully saturated rings. The van der Waals surface area contributed by atoms with Gasteiger partial charge in [-0.1, -0.05) is 0 Å². The number of amides is 1. The van der Waals surface area contributed by atoms with Gasteiger partial charge in [0.05, 0.1) is 12.5 Å². The molecule has 2 aliphatic heterocycles. The fourth-order valence-corrected chi connectivity index (χ4v) is 4.21. The van der Waals surface area contributed by atoms with Crippen LogP contribution in [0.2, 0.25) is 0 Å². The summed E-state index contributed by atoms with van der Waals surface area (Å²) >= 11 is 0. The number of nitrogens with one attached hydrogen (secondary N) is 1. The second kappa shape index (κ2) is 9.98. The largest absolute Gasteiger partial charge is 0.383 e. The molecule has 0 saturated carbocycles. The van der Waals surface area contributed by atoms with E-state index in [1.807, 2.05) is 12.1 Å². The van der Waals surface area contributed by atoms with Crippen LogP contribution in [0, 0.1) is 5.92 Å². The molecule has 1 aromatic heterocycles. The highest BCUT2D eigenvalue weighted by molar-refractivity contribution is 5.93. The first-order valence-electron chi connectivity index (χ1n) is 10.3. The summed E-state index contributed by atoms with van der Waals surface area (Å²) in [5.74, 6) is 1.24. The Labute approximate surface area is 167 Å². The van der Waals surface area contributed by atoms with Gasteiger partial charge in [-0.15, -0.1) is 0 Å². The molecule has 1 amide bonds. The van der Waals surface area contributed by atoms with E-state index < -0.39 is 0 Å². The van der Waals surface area contributed by atoms with E-state index in [1.54, 1.807) is 20.2 Å². The van der Waals surface area contributed by atoms with E-state index >= 15 is 0 Å². The lowest BCUT2D eigenvalue weighted by atomic mass is 9.93. The Bertz CT molecular complexity index is 656. The molecule has 0 aliphatic carbocycles. The molecule has 2 aliphatic rings. The third-order valence-corrected chi connectivity index (χ3v) is 5.89. The fourth-order valence-electron chi connectivity index (χ4n) is 4.21. The van der Waals surface area contributed by atoms with Gasteiger partial charge >= 0.3 is 0 Å². The average molecular weight is 389 g/mol. The highest BCUT2D eigenvalue weighted by Crippen LogP contribution is 2.26. The van der Waals surface area contributed by atoms with E-state index in [2.05, 4.69) is 20.1 Å². The summed E-state index contributed by atoms with van der Waals surface area (Å²) in [6, 6.07) is 4.33. The smallest absolute Gasteiger partial charge is 0.224 e. The molecule has 3 heterocycles. The molecule has 0 bridgehead atoms.